The first-order chi connectivity index (χ1) is 7.15. The summed E-state index contributed by atoms with van der Waals surface area (Å²) >= 11 is 5.58. The van der Waals surface area contributed by atoms with Crippen LogP contribution in [0.5, 0.6) is 0 Å². The highest BCUT2D eigenvalue weighted by Crippen LogP contribution is 2.14. The van der Waals surface area contributed by atoms with Crippen molar-refractivity contribution < 1.29 is 4.79 Å². The number of carbonyl (C=O) groups is 1. The van der Waals surface area contributed by atoms with Crippen LogP contribution in [-0.4, -0.2) is 11.7 Å². The van der Waals surface area contributed by atoms with Crippen molar-refractivity contribution in [3.8, 4) is 0 Å². The first-order valence-electron chi connectivity index (χ1n) is 5.31. The maximum Gasteiger partial charge on any atom is 0.163 e. The molecule has 82 valence electrons. The topological polar surface area (TPSA) is 17.1 Å². The minimum atomic E-state index is 0.237. The number of aryl methyl sites for hydroxylation is 2. The van der Waals surface area contributed by atoms with Crippen LogP contribution in [0.2, 0.25) is 0 Å². The van der Waals surface area contributed by atoms with Gasteiger partial charge in [0.15, 0.2) is 5.78 Å². The Labute approximate surface area is 96.5 Å². The fourth-order valence-corrected chi connectivity index (χ4v) is 1.74. The van der Waals surface area contributed by atoms with Crippen LogP contribution in [0.4, 0.5) is 0 Å². The highest BCUT2D eigenvalue weighted by molar-refractivity contribution is 6.17. The second kappa shape index (κ2) is 5.92. The zero-order chi connectivity index (χ0) is 11.3. The van der Waals surface area contributed by atoms with Crippen molar-refractivity contribution in [1.29, 1.82) is 0 Å². The third-order valence-corrected chi connectivity index (χ3v) is 2.75. The lowest BCUT2D eigenvalue weighted by Crippen LogP contribution is -2.02. The molecule has 0 N–H and O–H groups in total. The molecule has 0 aliphatic carbocycles. The molecule has 0 radical (unpaired) electrons. The van der Waals surface area contributed by atoms with E-state index in [1.165, 1.54) is 0 Å². The van der Waals surface area contributed by atoms with Gasteiger partial charge in [0, 0.05) is 17.9 Å². The molecule has 2 heteroatoms. The second-order valence-corrected chi connectivity index (χ2v) is 4.27. The van der Waals surface area contributed by atoms with Crippen LogP contribution in [0.15, 0.2) is 18.2 Å². The lowest BCUT2D eigenvalue weighted by molar-refractivity contribution is 0.0979. The van der Waals surface area contributed by atoms with Gasteiger partial charge < -0.3 is 0 Å². The molecule has 1 nitrogen and oxygen atoms in total. The molecule has 1 rings (SSSR count). The van der Waals surface area contributed by atoms with Gasteiger partial charge in [-0.2, -0.15) is 0 Å². The highest BCUT2D eigenvalue weighted by Gasteiger charge is 2.08. The highest BCUT2D eigenvalue weighted by atomic mass is 35.5. The Balaban J connectivity index is 2.68. The Morgan fingerprint density at radius 3 is 2.67 bits per heavy atom. The molecule has 15 heavy (non-hydrogen) atoms. The molecule has 0 heterocycles. The number of halogens is 1. The van der Waals surface area contributed by atoms with Crippen LogP contribution in [0, 0.1) is 13.8 Å². The zero-order valence-electron chi connectivity index (χ0n) is 9.35. The van der Waals surface area contributed by atoms with Crippen LogP contribution in [-0.2, 0) is 0 Å². The number of ketones is 1. The van der Waals surface area contributed by atoms with Crippen molar-refractivity contribution >= 4 is 17.4 Å². The molecule has 1 aromatic rings. The van der Waals surface area contributed by atoms with Crippen LogP contribution < -0.4 is 0 Å². The molecule has 0 spiro atoms. The monoisotopic (exact) mass is 224 g/mol. The summed E-state index contributed by atoms with van der Waals surface area (Å²) in [7, 11) is 0. The number of Topliss-reactive ketones (excluding diaryl/α,β-unsaturated/α-hetero) is 1. The summed E-state index contributed by atoms with van der Waals surface area (Å²) in [5.74, 6) is 0.876. The zero-order valence-corrected chi connectivity index (χ0v) is 10.1. The van der Waals surface area contributed by atoms with E-state index in [9.17, 15) is 4.79 Å². The number of hydrogen-bond acceptors (Lipinski definition) is 1. The average Bonchev–Trinajstić information content (AvgIpc) is 2.22. The minimum Gasteiger partial charge on any atom is -0.294 e. The smallest absolute Gasteiger partial charge is 0.163 e. The summed E-state index contributed by atoms with van der Waals surface area (Å²) in [6.45, 7) is 3.99. The Morgan fingerprint density at radius 1 is 1.27 bits per heavy atom. The first-order valence-corrected chi connectivity index (χ1v) is 5.85. The minimum absolute atomic E-state index is 0.237. The van der Waals surface area contributed by atoms with Crippen LogP contribution in [0.1, 0.15) is 40.7 Å². The number of alkyl halides is 1. The molecule has 0 bridgehead atoms. The summed E-state index contributed by atoms with van der Waals surface area (Å²) in [6, 6.07) is 6.01. The summed E-state index contributed by atoms with van der Waals surface area (Å²) in [5, 5.41) is 0. The molecular weight excluding hydrogens is 208 g/mol. The molecule has 0 unspecified atom stereocenters. The number of benzene rings is 1. The molecule has 0 aliphatic heterocycles. The molecule has 0 saturated carbocycles. The average molecular weight is 225 g/mol. The lowest BCUT2D eigenvalue weighted by Gasteiger charge is -2.05. The van der Waals surface area contributed by atoms with E-state index in [1.807, 2.05) is 32.0 Å². The molecule has 0 saturated heterocycles. The number of hydrogen-bond donors (Lipinski definition) is 0. The molecule has 0 fully saturated rings. The van der Waals surface area contributed by atoms with Crippen LogP contribution >= 0.6 is 11.6 Å². The third-order valence-electron chi connectivity index (χ3n) is 2.48. The Kier molecular flexibility index (Phi) is 4.83. The summed E-state index contributed by atoms with van der Waals surface area (Å²) < 4.78 is 0. The Morgan fingerprint density at radius 2 is 2.00 bits per heavy atom. The predicted octanol–water partition coefficient (Wildman–Crippen LogP) is 3.90. The number of carbonyl (C=O) groups excluding carboxylic acids is 1. The van der Waals surface area contributed by atoms with Crippen molar-refractivity contribution in [3.63, 3.8) is 0 Å². The molecule has 0 amide bonds. The van der Waals surface area contributed by atoms with Gasteiger partial charge in [-0.3, -0.25) is 4.79 Å². The van der Waals surface area contributed by atoms with E-state index in [1.54, 1.807) is 0 Å². The van der Waals surface area contributed by atoms with Crippen molar-refractivity contribution in [1.82, 2.24) is 0 Å². The van der Waals surface area contributed by atoms with Gasteiger partial charge >= 0.3 is 0 Å². The van der Waals surface area contributed by atoms with Crippen molar-refractivity contribution in [2.75, 3.05) is 5.88 Å². The van der Waals surface area contributed by atoms with Gasteiger partial charge in [-0.1, -0.05) is 17.7 Å². The van der Waals surface area contributed by atoms with Gasteiger partial charge in [0.2, 0.25) is 0 Å². The predicted molar refractivity (Wildman–Crippen MR) is 64.8 cm³/mol. The number of rotatable bonds is 5. The van der Waals surface area contributed by atoms with E-state index in [0.717, 1.165) is 29.5 Å². The van der Waals surface area contributed by atoms with Gasteiger partial charge in [-0.05, 0) is 38.3 Å². The maximum atomic E-state index is 11.8. The van der Waals surface area contributed by atoms with Gasteiger partial charge in [0.25, 0.3) is 0 Å². The Bertz CT molecular complexity index is 344. The van der Waals surface area contributed by atoms with E-state index in [4.69, 9.17) is 11.6 Å². The van der Waals surface area contributed by atoms with Gasteiger partial charge in [-0.25, -0.2) is 0 Å². The normalized spacial score (nSPS) is 10.3. The van der Waals surface area contributed by atoms with Gasteiger partial charge in [-0.15, -0.1) is 11.6 Å². The van der Waals surface area contributed by atoms with E-state index in [2.05, 4.69) is 0 Å². The summed E-state index contributed by atoms with van der Waals surface area (Å²) in [4.78, 5) is 11.8. The van der Waals surface area contributed by atoms with Crippen LogP contribution in [0.3, 0.4) is 0 Å². The van der Waals surface area contributed by atoms with E-state index in [-0.39, 0.29) is 5.78 Å². The van der Waals surface area contributed by atoms with Crippen molar-refractivity contribution in [2.45, 2.75) is 33.1 Å². The number of unbranched alkanes of at least 4 members (excludes halogenated alkanes) is 1. The SMILES string of the molecule is Cc1ccc(C)c(C(=O)CCCCCl)c1. The quantitative estimate of drug-likeness (QED) is 0.421. The fourth-order valence-electron chi connectivity index (χ4n) is 1.55. The molecule has 0 aromatic heterocycles. The van der Waals surface area contributed by atoms with Crippen LogP contribution in [0.25, 0.3) is 0 Å². The van der Waals surface area contributed by atoms with Crippen molar-refractivity contribution in [3.05, 3.63) is 34.9 Å². The molecule has 1 aromatic carbocycles. The third kappa shape index (κ3) is 3.67. The first kappa shape index (κ1) is 12.3. The second-order valence-electron chi connectivity index (χ2n) is 3.89. The molecular formula is C13H17ClO. The van der Waals surface area contributed by atoms with E-state index in [0.29, 0.717) is 12.3 Å². The summed E-state index contributed by atoms with van der Waals surface area (Å²) in [6.07, 6.45) is 2.41. The lowest BCUT2D eigenvalue weighted by atomic mass is 9.99. The van der Waals surface area contributed by atoms with Gasteiger partial charge in [0.1, 0.15) is 0 Å². The Hall–Kier alpha value is -0.820. The van der Waals surface area contributed by atoms with E-state index >= 15 is 0 Å². The molecule has 0 aliphatic rings. The largest absolute Gasteiger partial charge is 0.294 e. The van der Waals surface area contributed by atoms with Gasteiger partial charge in [0.05, 0.1) is 0 Å². The van der Waals surface area contributed by atoms with Crippen molar-refractivity contribution in [2.24, 2.45) is 0 Å². The van der Waals surface area contributed by atoms with E-state index < -0.39 is 0 Å². The molecule has 0 atom stereocenters. The fraction of sp³-hybridized carbons (Fsp3) is 0.462. The maximum absolute atomic E-state index is 11.8. The summed E-state index contributed by atoms with van der Waals surface area (Å²) in [5.41, 5.74) is 3.07. The standard InChI is InChI=1S/C13H17ClO/c1-10-6-7-11(2)12(9-10)13(15)5-3-4-8-14/h6-7,9H,3-5,8H2,1-2H3.